The third kappa shape index (κ3) is 4.80. The summed E-state index contributed by atoms with van der Waals surface area (Å²) in [5.41, 5.74) is 0.402. The van der Waals surface area contributed by atoms with Crippen LogP contribution in [0.25, 0.3) is 0 Å². The van der Waals surface area contributed by atoms with E-state index in [0.29, 0.717) is 0 Å². The molecule has 1 aromatic rings. The Morgan fingerprint density at radius 1 is 1.20 bits per heavy atom. The molecule has 0 unspecified atom stereocenters. The Bertz CT molecular complexity index is 320. The number of rotatable bonds is 2. The Balaban J connectivity index is 0.000000583. The molecule has 7 heteroatoms. The molecular weight excluding hydrogens is 203 g/mol. The molecule has 0 bridgehead atoms. The Kier molecular flexibility index (Phi) is 5.76. The van der Waals surface area contributed by atoms with Crippen molar-refractivity contribution in [2.45, 2.75) is 0 Å². The minimum absolute atomic E-state index is 0.124. The number of benzene rings is 1. The van der Waals surface area contributed by atoms with Gasteiger partial charge in [-0.25, -0.2) is 4.79 Å². The molecule has 1 rings (SSSR count). The van der Waals surface area contributed by atoms with Crippen molar-refractivity contribution in [3.8, 4) is 0 Å². The Morgan fingerprint density at radius 3 is 1.87 bits per heavy atom. The minimum atomic E-state index is -1.55. The molecule has 0 saturated carbocycles. The van der Waals surface area contributed by atoms with E-state index in [9.17, 15) is 4.79 Å². The molecule has 0 aliphatic carbocycles. The minimum Gasteiger partial charge on any atom is -0.483 e. The van der Waals surface area contributed by atoms with Gasteiger partial charge in [-0.2, -0.15) is 0 Å². The van der Waals surface area contributed by atoms with E-state index in [1.807, 2.05) is 0 Å². The van der Waals surface area contributed by atoms with Gasteiger partial charge in [0.2, 0.25) is 0 Å². The van der Waals surface area contributed by atoms with E-state index >= 15 is 0 Å². The summed E-state index contributed by atoms with van der Waals surface area (Å²) >= 11 is 0. The highest BCUT2D eigenvalue weighted by Crippen LogP contribution is 1.96. The van der Waals surface area contributed by atoms with Crippen LogP contribution in [-0.2, 0) is 4.79 Å². The van der Waals surface area contributed by atoms with Gasteiger partial charge in [0.1, 0.15) is 0 Å². The zero-order valence-electron chi connectivity index (χ0n) is 7.57. The lowest BCUT2D eigenvalue weighted by Crippen LogP contribution is -2.29. The fourth-order valence-electron chi connectivity index (χ4n) is 0.798. The monoisotopic (exact) mass is 212 g/mol. The lowest BCUT2D eigenvalue weighted by atomic mass is 9.80. The van der Waals surface area contributed by atoms with Crippen LogP contribution in [-0.4, -0.2) is 39.8 Å². The van der Waals surface area contributed by atoms with Crippen molar-refractivity contribution < 1.29 is 29.9 Å². The van der Waals surface area contributed by atoms with Gasteiger partial charge in [0.25, 0.3) is 6.47 Å². The number of carboxylic acids is 1. The molecule has 4 N–H and O–H groups in total. The molecule has 0 atom stereocenters. The van der Waals surface area contributed by atoms with E-state index in [2.05, 4.69) is 0 Å². The van der Waals surface area contributed by atoms with Crippen LogP contribution in [0.4, 0.5) is 0 Å². The normalized spacial score (nSPS) is 8.40. The predicted molar refractivity (Wildman–Crippen MR) is 51.9 cm³/mol. The number of hydrogen-bond donors (Lipinski definition) is 4. The molecule has 0 aliphatic heterocycles. The van der Waals surface area contributed by atoms with Crippen LogP contribution in [0.5, 0.6) is 0 Å². The first kappa shape index (κ1) is 13.1. The van der Waals surface area contributed by atoms with Crippen LogP contribution >= 0.6 is 0 Å². The van der Waals surface area contributed by atoms with Gasteiger partial charge in [-0.3, -0.25) is 4.79 Å². The van der Waals surface area contributed by atoms with Crippen LogP contribution in [0.2, 0.25) is 0 Å². The molecule has 0 amide bonds. The standard InChI is InChI=1S/C7H7BO4.CH2O2/c9-7(10)5-1-3-6(4-2-5)8(11)12;2-1-3/h1-4,11-12H,(H,9,10);1H,(H,2,3). The molecule has 0 fully saturated rings. The maximum absolute atomic E-state index is 10.4. The van der Waals surface area contributed by atoms with Gasteiger partial charge in [0.15, 0.2) is 0 Å². The number of aromatic carboxylic acids is 1. The molecule has 80 valence electrons. The highest BCUT2D eigenvalue weighted by Gasteiger charge is 2.10. The van der Waals surface area contributed by atoms with E-state index in [4.69, 9.17) is 25.1 Å². The summed E-state index contributed by atoms with van der Waals surface area (Å²) in [5, 5.41) is 32.7. The first-order chi connectivity index (χ1) is 7.02. The molecule has 6 nitrogen and oxygen atoms in total. The van der Waals surface area contributed by atoms with Crippen LogP contribution in [0.15, 0.2) is 24.3 Å². The topological polar surface area (TPSA) is 115 Å². The third-order valence-electron chi connectivity index (χ3n) is 1.46. The first-order valence-corrected chi connectivity index (χ1v) is 3.80. The maximum Gasteiger partial charge on any atom is 0.488 e. The highest BCUT2D eigenvalue weighted by molar-refractivity contribution is 6.58. The lowest BCUT2D eigenvalue weighted by molar-refractivity contribution is -0.122. The second kappa shape index (κ2) is 6.58. The molecular formula is C8H9BO6. The largest absolute Gasteiger partial charge is 0.488 e. The summed E-state index contributed by atoms with van der Waals surface area (Å²) in [5.74, 6) is -1.03. The molecule has 0 aliphatic rings. The molecule has 0 radical (unpaired) electrons. The fraction of sp³-hybridized carbons (Fsp3) is 0. The van der Waals surface area contributed by atoms with Crippen LogP contribution in [0, 0.1) is 0 Å². The third-order valence-corrected chi connectivity index (χ3v) is 1.46. The molecule has 15 heavy (non-hydrogen) atoms. The van der Waals surface area contributed by atoms with Crippen molar-refractivity contribution in [1.82, 2.24) is 0 Å². The maximum atomic E-state index is 10.4. The van der Waals surface area contributed by atoms with Crippen LogP contribution < -0.4 is 5.46 Å². The zero-order valence-corrected chi connectivity index (χ0v) is 7.57. The number of carboxylic acid groups (broad SMARTS) is 2. The Morgan fingerprint density at radius 2 is 1.60 bits per heavy atom. The smallest absolute Gasteiger partial charge is 0.483 e. The highest BCUT2D eigenvalue weighted by atomic mass is 16.4. The number of carbonyl (C=O) groups is 2. The molecule has 0 saturated heterocycles. The van der Waals surface area contributed by atoms with Crippen molar-refractivity contribution in [3.05, 3.63) is 29.8 Å². The van der Waals surface area contributed by atoms with Gasteiger partial charge >= 0.3 is 13.1 Å². The van der Waals surface area contributed by atoms with Crippen molar-refractivity contribution in [2.75, 3.05) is 0 Å². The average molecular weight is 212 g/mol. The molecule has 0 heterocycles. The zero-order chi connectivity index (χ0) is 11.8. The van der Waals surface area contributed by atoms with Gasteiger partial charge in [0, 0.05) is 0 Å². The summed E-state index contributed by atoms with van der Waals surface area (Å²) < 4.78 is 0. The fourth-order valence-corrected chi connectivity index (χ4v) is 0.798. The molecule has 0 spiro atoms. The predicted octanol–water partition coefficient (Wildman–Crippen LogP) is -1.23. The second-order valence-electron chi connectivity index (χ2n) is 2.41. The van der Waals surface area contributed by atoms with Crippen LogP contribution in [0.3, 0.4) is 0 Å². The number of hydrogen-bond acceptors (Lipinski definition) is 4. The van der Waals surface area contributed by atoms with E-state index in [1.165, 1.54) is 24.3 Å². The van der Waals surface area contributed by atoms with Gasteiger partial charge in [0.05, 0.1) is 5.56 Å². The molecule has 0 aromatic heterocycles. The van der Waals surface area contributed by atoms with E-state index < -0.39 is 13.1 Å². The Labute approximate surface area is 85.6 Å². The van der Waals surface area contributed by atoms with Gasteiger partial charge in [-0.15, -0.1) is 0 Å². The molecule has 1 aromatic carbocycles. The van der Waals surface area contributed by atoms with Crippen molar-refractivity contribution >= 4 is 25.0 Å². The quantitative estimate of drug-likeness (QED) is 0.360. The van der Waals surface area contributed by atoms with E-state index in [1.54, 1.807) is 0 Å². The van der Waals surface area contributed by atoms with Gasteiger partial charge < -0.3 is 20.3 Å². The summed E-state index contributed by atoms with van der Waals surface area (Å²) in [4.78, 5) is 18.7. The SMILES string of the molecule is O=C(O)c1ccc(B(O)O)cc1.O=CO. The van der Waals surface area contributed by atoms with Crippen molar-refractivity contribution in [1.29, 1.82) is 0 Å². The summed E-state index contributed by atoms with van der Waals surface area (Å²) in [6.45, 7) is -0.250. The second-order valence-corrected chi connectivity index (χ2v) is 2.41. The van der Waals surface area contributed by atoms with Crippen molar-refractivity contribution in [3.63, 3.8) is 0 Å². The lowest BCUT2D eigenvalue weighted by Gasteiger charge is -1.98. The van der Waals surface area contributed by atoms with Gasteiger partial charge in [-0.05, 0) is 17.6 Å². The summed E-state index contributed by atoms with van der Waals surface area (Å²) in [6, 6.07) is 5.34. The average Bonchev–Trinajstić information content (AvgIpc) is 2.19. The van der Waals surface area contributed by atoms with E-state index in [0.717, 1.165) is 0 Å². The van der Waals surface area contributed by atoms with Gasteiger partial charge in [-0.1, -0.05) is 12.1 Å². The first-order valence-electron chi connectivity index (χ1n) is 3.80. The Hall–Kier alpha value is -1.86. The van der Waals surface area contributed by atoms with Crippen molar-refractivity contribution in [2.24, 2.45) is 0 Å². The summed E-state index contributed by atoms with van der Waals surface area (Å²) in [6.07, 6.45) is 0. The van der Waals surface area contributed by atoms with Crippen LogP contribution in [0.1, 0.15) is 10.4 Å². The van der Waals surface area contributed by atoms with E-state index in [-0.39, 0.29) is 17.5 Å². The summed E-state index contributed by atoms with van der Waals surface area (Å²) in [7, 11) is -1.55.